The maximum absolute atomic E-state index is 12.8. The van der Waals surface area contributed by atoms with E-state index >= 15 is 0 Å². The number of fused-ring (bicyclic) bond motifs is 5. The molecule has 0 radical (unpaired) electrons. The van der Waals surface area contributed by atoms with Gasteiger partial charge in [-0.1, -0.05) is 119 Å². The average Bonchev–Trinajstić information content (AvgIpc) is 1.56. The van der Waals surface area contributed by atoms with Crippen molar-refractivity contribution in [3.8, 4) is 0 Å². The third-order valence-electron chi connectivity index (χ3n) is 33.6. The topological polar surface area (TPSA) is 271 Å². The summed E-state index contributed by atoms with van der Waals surface area (Å²) in [5.41, 5.74) is 34.8. The van der Waals surface area contributed by atoms with Gasteiger partial charge in [0.2, 0.25) is 36.1 Å². The number of carbonyl (C=O) groups is 7. The summed E-state index contributed by atoms with van der Waals surface area (Å²) in [7, 11) is 0. The number of amides is 5. The largest absolute Gasteiger partial charge is 0.481 e. The van der Waals surface area contributed by atoms with Crippen LogP contribution in [0.5, 0.6) is 0 Å². The van der Waals surface area contributed by atoms with Crippen LogP contribution in [0.4, 0.5) is 0 Å². The van der Waals surface area contributed by atoms with Gasteiger partial charge in [-0.25, -0.2) is 0 Å². The predicted molar refractivity (Wildman–Crippen MR) is 451 cm³/mol. The van der Waals surface area contributed by atoms with Gasteiger partial charge in [0.15, 0.2) is 0 Å². The first-order valence-corrected chi connectivity index (χ1v) is 44.7. The smallest absolute Gasteiger partial charge is 0.307 e. The van der Waals surface area contributed by atoms with E-state index in [1.54, 1.807) is 0 Å². The number of carboxylic acids is 2. The molecule has 5 aromatic rings. The highest BCUT2D eigenvalue weighted by molar-refractivity contribution is 5.87. The molecule has 19 heteroatoms. The number of hydrogen-bond donors (Lipinski definition) is 4. The maximum Gasteiger partial charge on any atom is 0.307 e. The van der Waals surface area contributed by atoms with Gasteiger partial charge in [-0.15, -0.1) is 0 Å². The van der Waals surface area contributed by atoms with Crippen LogP contribution in [0.3, 0.4) is 0 Å². The summed E-state index contributed by atoms with van der Waals surface area (Å²) in [5.74, 6) is 2.09. The summed E-state index contributed by atoms with van der Waals surface area (Å²) in [6.07, 6.45) is 17.4. The van der Waals surface area contributed by atoms with Crippen molar-refractivity contribution >= 4 is 41.5 Å². The fraction of sp³-hybridized carbons (Fsp3) is 0.622. The lowest BCUT2D eigenvalue weighted by Crippen LogP contribution is -2.45. The number of aliphatic carboxylic acids is 2. The molecule has 5 saturated heterocycles. The second-order valence-corrected chi connectivity index (χ2v) is 39.6. The Kier molecular flexibility index (Phi) is 21.7. The highest BCUT2D eigenvalue weighted by Gasteiger charge is 2.69. The molecule has 6 N–H and O–H groups in total. The van der Waals surface area contributed by atoms with Crippen molar-refractivity contribution in [1.29, 1.82) is 0 Å². The highest BCUT2D eigenvalue weighted by atomic mass is 16.6. The number of carboxylic acid groups (broad SMARTS) is 2. The van der Waals surface area contributed by atoms with E-state index in [0.29, 0.717) is 92.5 Å². The monoisotopic (exact) mass is 1590 g/mol. The normalized spacial score (nSPS) is 35.2. The molecule has 5 aromatic carbocycles. The molecular weight excluding hydrogens is 1470 g/mol. The van der Waals surface area contributed by atoms with Gasteiger partial charge in [-0.3, -0.25) is 43.7 Å². The van der Waals surface area contributed by atoms with Crippen LogP contribution in [0, 0.1) is 154 Å². The Labute approximate surface area is 692 Å². The molecule has 15 aliphatic rings. The van der Waals surface area contributed by atoms with Crippen LogP contribution in [0.2, 0.25) is 0 Å². The molecular formula is C98H128N8O11. The molecule has 117 heavy (non-hydrogen) atoms. The van der Waals surface area contributed by atoms with E-state index < -0.39 is 29.3 Å². The molecule has 626 valence electrons. The van der Waals surface area contributed by atoms with Crippen LogP contribution in [-0.4, -0.2) is 133 Å². The number of aryl methyl sites for hydroxylation is 13. The molecule has 0 aromatic heterocycles. The van der Waals surface area contributed by atoms with Gasteiger partial charge in [-0.2, -0.15) is 0 Å². The Morgan fingerprint density at radius 1 is 0.376 bits per heavy atom. The molecule has 10 heterocycles. The van der Waals surface area contributed by atoms with E-state index in [1.807, 2.05) is 23.6 Å². The van der Waals surface area contributed by atoms with Gasteiger partial charge in [0.25, 0.3) is 0 Å². The van der Waals surface area contributed by atoms with Crippen LogP contribution in [-0.2, 0) is 93.4 Å². The SMILES string of the molecule is Cc1cc2c(cc1C)C13C[C@H](C)[C@@H](C(=O)O)[C@@H]1CC(=O)N3CCC2.Cc1cc2c(cc1C)C13C[C@H](C)[C@@H](CN)[C@@H]1CC(=O)N3CCC2.Cc1cc2c(cc1C)C13C[C@H](C)[C@@H](C[N+](=O)[O-])[C@@H]1CC(=O)N3CCC2.Cc1ccc2c(c1)CCCN1C(=O)C[C@H]3[C@H](C(=O)O)[C@@H](C)CC231.Cc1ccc2c(c1)CCCN1C(=O)C[C@H]3[C@H](CN)[C@@H](C)CC231. The number of hydrogen-bond acceptors (Lipinski definition) is 11. The van der Waals surface area contributed by atoms with Crippen molar-refractivity contribution in [2.24, 2.45) is 100 Å². The average molecular weight is 1590 g/mol. The fourth-order valence-corrected chi connectivity index (χ4v) is 28.6. The van der Waals surface area contributed by atoms with Crippen LogP contribution < -0.4 is 11.5 Å². The predicted octanol–water partition coefficient (Wildman–Crippen LogP) is 14.5. The van der Waals surface area contributed by atoms with Crippen LogP contribution in [0.25, 0.3) is 0 Å². The summed E-state index contributed by atoms with van der Waals surface area (Å²) >= 11 is 0. The van der Waals surface area contributed by atoms with Crippen LogP contribution in [0.15, 0.2) is 72.8 Å². The number of rotatable bonds is 6. The van der Waals surface area contributed by atoms with Crippen LogP contribution in [0.1, 0.15) is 231 Å². The molecule has 19 nitrogen and oxygen atoms in total. The Balaban J connectivity index is 0.000000110. The fourth-order valence-electron chi connectivity index (χ4n) is 28.6. The zero-order chi connectivity index (χ0) is 83.3. The summed E-state index contributed by atoms with van der Waals surface area (Å²) in [6, 6.07) is 27.2. The first-order chi connectivity index (χ1) is 55.7. The number of nitrogens with two attached hydrogens (primary N) is 2. The molecule has 5 aliphatic carbocycles. The first kappa shape index (κ1) is 82.4. The Morgan fingerprint density at radius 2 is 0.624 bits per heavy atom. The third-order valence-corrected chi connectivity index (χ3v) is 33.6. The van der Waals surface area contributed by atoms with E-state index in [1.165, 1.54) is 100 Å². The van der Waals surface area contributed by atoms with E-state index in [9.17, 15) is 53.9 Å². The zero-order valence-electron chi connectivity index (χ0n) is 71.8. The zero-order valence-corrected chi connectivity index (χ0v) is 71.8. The second kappa shape index (κ2) is 30.8. The molecule has 5 spiro atoms. The highest BCUT2D eigenvalue weighted by Crippen LogP contribution is 2.66. The minimum atomic E-state index is -0.744. The second-order valence-electron chi connectivity index (χ2n) is 39.6. The lowest BCUT2D eigenvalue weighted by Gasteiger charge is -2.40. The van der Waals surface area contributed by atoms with Gasteiger partial charge in [-0.05, 0) is 307 Å². The lowest BCUT2D eigenvalue weighted by atomic mass is 9.76. The lowest BCUT2D eigenvalue weighted by molar-refractivity contribution is -0.491. The molecule has 20 rings (SSSR count). The number of nitro groups is 1. The Hall–Kier alpha value is -8.29. The van der Waals surface area contributed by atoms with Crippen molar-refractivity contribution in [2.75, 3.05) is 52.4 Å². The Bertz CT molecular complexity index is 4880. The third kappa shape index (κ3) is 12.8. The van der Waals surface area contributed by atoms with Gasteiger partial charge in [0.05, 0.1) is 39.5 Å². The van der Waals surface area contributed by atoms with Crippen molar-refractivity contribution in [1.82, 2.24) is 24.5 Å². The van der Waals surface area contributed by atoms with Gasteiger partial charge >= 0.3 is 11.9 Å². The van der Waals surface area contributed by atoms with Crippen LogP contribution >= 0.6 is 0 Å². The molecule has 0 bridgehead atoms. The van der Waals surface area contributed by atoms with Gasteiger partial charge in [0, 0.05) is 93.4 Å². The standard InChI is InChI=1S/C20H26N2O3.C20H28N2O.C20H25NO3.C19H26N2O.C19H23NO3/c1-12-7-15-5-4-6-21-19(23)9-18-16(11-22(24)25)14(3)10-20(18,21)17(15)8-13(12)2;1-12-7-15-5-4-6-22-19(23)9-18-16(11-21)14(3)10-20(18,22)17(15)8-13(12)2;1-11-7-14-5-4-6-21-17(22)9-16-18(19(23)24)13(3)10-20(16,21)15(14)8-12(11)2;1-12-5-6-16-14(8-12)4-3-7-21-18(22)9-17-15(11-20)13(2)10-19(16,17)21;1-11-5-6-14-13(8-11)4-3-7-20-16(21)9-15-17(18(22)23)12(2)10-19(14,15)20/h7-8,14,16,18H,4-6,9-11H2,1-3H3;7-8,14,16,18H,4-6,9-11,21H2,1-3H3;7-8,13,16,18H,4-6,9-10H2,1-3H3,(H,23,24);5-6,8,13,15,17H,3-4,7,9-11,20H2,1-2H3;5-6,8,12,15,17H,3-4,7,9-10H2,1-2H3,(H,22,23)/t2*14-,16+,18-,20?;13-,16-,18+,20?;13-,15+,17-,19?;12-,15-,17+,19?/m00000/s1. The minimum absolute atomic E-state index is 0.0171. The maximum atomic E-state index is 12.8. The van der Waals surface area contributed by atoms with E-state index in [4.69, 9.17) is 11.5 Å². The Morgan fingerprint density at radius 3 is 0.923 bits per heavy atom. The van der Waals surface area contributed by atoms with Crippen molar-refractivity contribution in [3.63, 3.8) is 0 Å². The first-order valence-electron chi connectivity index (χ1n) is 44.7. The van der Waals surface area contributed by atoms with Gasteiger partial charge in [0.1, 0.15) is 0 Å². The molecule has 5 saturated carbocycles. The van der Waals surface area contributed by atoms with Crippen molar-refractivity contribution < 1.29 is 48.7 Å². The molecule has 5 amide bonds. The summed E-state index contributed by atoms with van der Waals surface area (Å²) < 4.78 is 0. The molecule has 10 fully saturated rings. The summed E-state index contributed by atoms with van der Waals surface area (Å²) in [6.45, 7) is 33.5. The van der Waals surface area contributed by atoms with E-state index in [2.05, 4.69) is 164 Å². The van der Waals surface area contributed by atoms with Gasteiger partial charge < -0.3 is 46.2 Å². The number of benzene rings is 5. The molecule has 20 atom stereocenters. The van der Waals surface area contributed by atoms with E-state index in [-0.39, 0.29) is 92.8 Å². The van der Waals surface area contributed by atoms with Crippen molar-refractivity contribution in [2.45, 2.75) is 246 Å². The van der Waals surface area contributed by atoms with Crippen molar-refractivity contribution in [3.05, 3.63) is 183 Å². The summed E-state index contributed by atoms with van der Waals surface area (Å²) in [4.78, 5) is 109. The minimum Gasteiger partial charge on any atom is -0.481 e. The number of nitrogens with zero attached hydrogens (tertiary/aromatic N) is 6. The summed E-state index contributed by atoms with van der Waals surface area (Å²) in [5, 5.41) is 30.8. The quantitative estimate of drug-likeness (QED) is 0.0911. The van der Waals surface area contributed by atoms with E-state index in [0.717, 1.165) is 129 Å². The number of carbonyl (C=O) groups excluding carboxylic acids is 5. The molecule has 10 aliphatic heterocycles. The molecule has 5 unspecified atom stereocenters.